The normalized spacial score (nSPS) is 11.5. The lowest BCUT2D eigenvalue weighted by Gasteiger charge is -2.02. The number of benzene rings is 1. The van der Waals surface area contributed by atoms with Crippen LogP contribution in [0.25, 0.3) is 0 Å². The minimum Gasteiger partial charge on any atom is -0.339 e. The molecule has 2 N–H and O–H groups in total. The van der Waals surface area contributed by atoms with Gasteiger partial charge in [-0.2, -0.15) is 18.3 Å². The van der Waals surface area contributed by atoms with Gasteiger partial charge in [0.2, 0.25) is 0 Å². The summed E-state index contributed by atoms with van der Waals surface area (Å²) in [5, 5.41) is 7.93. The van der Waals surface area contributed by atoms with Gasteiger partial charge in [-0.15, -0.1) is 0 Å². The second-order valence-corrected chi connectivity index (χ2v) is 3.30. The molecule has 17 heavy (non-hydrogen) atoms. The summed E-state index contributed by atoms with van der Waals surface area (Å²) in [6.45, 7) is 0. The van der Waals surface area contributed by atoms with E-state index in [9.17, 15) is 17.6 Å². The van der Waals surface area contributed by atoms with E-state index in [1.165, 1.54) is 24.3 Å². The minimum absolute atomic E-state index is 0.0175. The molecule has 0 bridgehead atoms. The third-order valence-electron chi connectivity index (χ3n) is 2.00. The van der Waals surface area contributed by atoms with Gasteiger partial charge < -0.3 is 5.32 Å². The van der Waals surface area contributed by atoms with Crippen LogP contribution in [0.5, 0.6) is 0 Å². The van der Waals surface area contributed by atoms with E-state index in [1.54, 1.807) is 0 Å². The number of aromatic nitrogens is 2. The quantitative estimate of drug-likeness (QED) is 0.797. The molecule has 90 valence electrons. The monoisotopic (exact) mass is 245 g/mol. The van der Waals surface area contributed by atoms with Crippen LogP contribution in [0.2, 0.25) is 0 Å². The molecular formula is C10H7F4N3. The smallest absolute Gasteiger partial charge is 0.339 e. The standard InChI is InChI=1S/C10H7F4N3/c11-6-1-3-7(4-2-6)15-9-5-8(16-17-9)10(12,13)14/h1-5H,(H2,15,16,17). The number of halogens is 4. The fourth-order valence-electron chi connectivity index (χ4n) is 1.21. The van der Waals surface area contributed by atoms with E-state index in [-0.39, 0.29) is 5.82 Å². The van der Waals surface area contributed by atoms with Gasteiger partial charge >= 0.3 is 6.18 Å². The molecule has 3 nitrogen and oxygen atoms in total. The van der Waals surface area contributed by atoms with Crippen LogP contribution in [-0.4, -0.2) is 10.2 Å². The van der Waals surface area contributed by atoms with Gasteiger partial charge in [-0.1, -0.05) is 0 Å². The first-order chi connectivity index (χ1) is 7.95. The molecule has 0 radical (unpaired) electrons. The third kappa shape index (κ3) is 2.74. The maximum absolute atomic E-state index is 12.6. The lowest BCUT2D eigenvalue weighted by molar-refractivity contribution is -0.141. The maximum atomic E-state index is 12.6. The van der Waals surface area contributed by atoms with Crippen LogP contribution < -0.4 is 5.32 Å². The molecule has 0 aliphatic carbocycles. The number of anilines is 2. The molecule has 7 heteroatoms. The second-order valence-electron chi connectivity index (χ2n) is 3.30. The molecule has 0 saturated heterocycles. The van der Waals surface area contributed by atoms with Crippen molar-refractivity contribution < 1.29 is 17.6 Å². The first kappa shape index (κ1) is 11.4. The Morgan fingerprint density at radius 2 is 1.76 bits per heavy atom. The molecule has 2 rings (SSSR count). The maximum Gasteiger partial charge on any atom is 0.432 e. The van der Waals surface area contributed by atoms with Crippen molar-refractivity contribution in [1.29, 1.82) is 0 Å². The predicted molar refractivity (Wildman–Crippen MR) is 53.3 cm³/mol. The molecule has 0 aliphatic heterocycles. The summed E-state index contributed by atoms with van der Waals surface area (Å²) in [4.78, 5) is 0. The number of nitrogens with zero attached hydrogens (tertiary/aromatic N) is 1. The number of hydrogen-bond donors (Lipinski definition) is 2. The Kier molecular flexibility index (Phi) is 2.74. The fourth-order valence-corrected chi connectivity index (χ4v) is 1.21. The van der Waals surface area contributed by atoms with E-state index in [2.05, 4.69) is 10.4 Å². The minimum atomic E-state index is -4.46. The number of hydrogen-bond acceptors (Lipinski definition) is 2. The van der Waals surface area contributed by atoms with E-state index >= 15 is 0 Å². The number of alkyl halides is 3. The zero-order valence-electron chi connectivity index (χ0n) is 8.35. The number of aromatic amines is 1. The Bertz CT molecular complexity index is 501. The molecule has 0 spiro atoms. The highest BCUT2D eigenvalue weighted by Gasteiger charge is 2.33. The first-order valence-electron chi connectivity index (χ1n) is 4.60. The fraction of sp³-hybridized carbons (Fsp3) is 0.100. The lowest BCUT2D eigenvalue weighted by atomic mass is 10.3. The van der Waals surface area contributed by atoms with Crippen molar-refractivity contribution in [2.75, 3.05) is 5.32 Å². The molecule has 0 saturated carbocycles. The van der Waals surface area contributed by atoms with Crippen molar-refractivity contribution in [2.45, 2.75) is 6.18 Å². The Balaban J connectivity index is 2.14. The summed E-state index contributed by atoms with van der Waals surface area (Å²) >= 11 is 0. The third-order valence-corrected chi connectivity index (χ3v) is 2.00. The Labute approximate surface area is 93.5 Å². The van der Waals surface area contributed by atoms with Crippen molar-refractivity contribution in [3.63, 3.8) is 0 Å². The van der Waals surface area contributed by atoms with Crippen molar-refractivity contribution in [3.05, 3.63) is 41.8 Å². The number of rotatable bonds is 2. The summed E-state index contributed by atoms with van der Waals surface area (Å²) in [6, 6.07) is 6.03. The van der Waals surface area contributed by atoms with Crippen LogP contribution in [-0.2, 0) is 6.18 Å². The average Bonchev–Trinajstić information content (AvgIpc) is 2.69. The zero-order chi connectivity index (χ0) is 12.5. The molecule has 1 heterocycles. The zero-order valence-corrected chi connectivity index (χ0v) is 8.35. The van der Waals surface area contributed by atoms with E-state index in [1.807, 2.05) is 5.10 Å². The summed E-state index contributed by atoms with van der Waals surface area (Å²) in [5.74, 6) is -0.405. The first-order valence-corrected chi connectivity index (χ1v) is 4.60. The SMILES string of the molecule is Fc1ccc(Nc2cc(C(F)(F)F)[nH]n2)cc1. The van der Waals surface area contributed by atoms with Crippen LogP contribution in [0, 0.1) is 5.82 Å². The van der Waals surface area contributed by atoms with E-state index in [0.717, 1.165) is 6.07 Å². The van der Waals surface area contributed by atoms with Crippen LogP contribution in [0.4, 0.5) is 29.1 Å². The predicted octanol–water partition coefficient (Wildman–Crippen LogP) is 3.31. The van der Waals surface area contributed by atoms with Crippen molar-refractivity contribution in [1.82, 2.24) is 10.2 Å². The van der Waals surface area contributed by atoms with Gasteiger partial charge in [0, 0.05) is 11.8 Å². The van der Waals surface area contributed by atoms with Crippen molar-refractivity contribution in [2.24, 2.45) is 0 Å². The molecule has 2 aromatic rings. The Hall–Kier alpha value is -2.05. The van der Waals surface area contributed by atoms with Gasteiger partial charge in [0.1, 0.15) is 11.5 Å². The van der Waals surface area contributed by atoms with Crippen molar-refractivity contribution >= 4 is 11.5 Å². The molecule has 0 unspecified atom stereocenters. The van der Waals surface area contributed by atoms with Gasteiger partial charge in [0.25, 0.3) is 0 Å². The second kappa shape index (κ2) is 4.08. The molecule has 0 aliphatic rings. The van der Waals surface area contributed by atoms with Gasteiger partial charge in [-0.05, 0) is 24.3 Å². The van der Waals surface area contributed by atoms with Crippen LogP contribution >= 0.6 is 0 Å². The van der Waals surface area contributed by atoms with Crippen LogP contribution in [0.15, 0.2) is 30.3 Å². The number of nitrogens with one attached hydrogen (secondary N) is 2. The average molecular weight is 245 g/mol. The highest BCUT2D eigenvalue weighted by atomic mass is 19.4. The molecule has 0 amide bonds. The summed E-state index contributed by atoms with van der Waals surface area (Å²) in [6.07, 6.45) is -4.46. The van der Waals surface area contributed by atoms with Gasteiger partial charge in [0.15, 0.2) is 5.82 Å². The van der Waals surface area contributed by atoms with E-state index in [4.69, 9.17) is 0 Å². The van der Waals surface area contributed by atoms with Gasteiger partial charge in [-0.3, -0.25) is 5.10 Å². The number of H-pyrrole nitrogens is 1. The van der Waals surface area contributed by atoms with Crippen LogP contribution in [0.3, 0.4) is 0 Å². The molecular weight excluding hydrogens is 238 g/mol. The largest absolute Gasteiger partial charge is 0.432 e. The van der Waals surface area contributed by atoms with E-state index < -0.39 is 17.7 Å². The highest BCUT2D eigenvalue weighted by Crippen LogP contribution is 2.29. The molecule has 0 fully saturated rings. The summed E-state index contributed by atoms with van der Waals surface area (Å²) in [7, 11) is 0. The van der Waals surface area contributed by atoms with Gasteiger partial charge in [0.05, 0.1) is 0 Å². The summed E-state index contributed by atoms with van der Waals surface area (Å²) in [5.41, 5.74) is -0.492. The van der Waals surface area contributed by atoms with Gasteiger partial charge in [-0.25, -0.2) is 4.39 Å². The Morgan fingerprint density at radius 3 is 2.29 bits per heavy atom. The molecule has 0 atom stereocenters. The topological polar surface area (TPSA) is 40.7 Å². The summed E-state index contributed by atoms with van der Waals surface area (Å²) < 4.78 is 49.3. The van der Waals surface area contributed by atoms with Crippen molar-refractivity contribution in [3.8, 4) is 0 Å². The van der Waals surface area contributed by atoms with E-state index in [0.29, 0.717) is 5.69 Å². The highest BCUT2D eigenvalue weighted by molar-refractivity contribution is 5.56. The molecule has 1 aromatic carbocycles. The molecule has 1 aromatic heterocycles. The lowest BCUT2D eigenvalue weighted by Crippen LogP contribution is -2.04. The van der Waals surface area contributed by atoms with Crippen LogP contribution in [0.1, 0.15) is 5.69 Å². The Morgan fingerprint density at radius 1 is 1.12 bits per heavy atom.